The SMILES string of the molecule is CCCCCCB(C)CCCCCC. The molecule has 1 heteroatoms. The molecule has 0 heterocycles. The largest absolute Gasteiger partial charge is 0.136 e. The molecule has 0 rings (SSSR count). The zero-order valence-corrected chi connectivity index (χ0v) is 10.6. The van der Waals surface area contributed by atoms with E-state index < -0.39 is 0 Å². The third-order valence-corrected chi connectivity index (χ3v) is 3.10. The van der Waals surface area contributed by atoms with Gasteiger partial charge in [0, 0.05) is 0 Å². The predicted octanol–water partition coefficient (Wildman–Crippen LogP) is 5.27. The van der Waals surface area contributed by atoms with Gasteiger partial charge in [0.1, 0.15) is 6.71 Å². The predicted molar refractivity (Wildman–Crippen MR) is 69.5 cm³/mol. The molecule has 0 bridgehead atoms. The number of rotatable bonds is 10. The number of hydrogen-bond donors (Lipinski definition) is 0. The second kappa shape index (κ2) is 11.1. The zero-order chi connectivity index (χ0) is 10.6. The molecule has 0 nitrogen and oxygen atoms in total. The smallest absolute Gasteiger partial charge is 0.0861 e. The molecule has 0 aliphatic heterocycles. The van der Waals surface area contributed by atoms with Crippen molar-refractivity contribution in [3.05, 3.63) is 0 Å². The van der Waals surface area contributed by atoms with Gasteiger partial charge in [0.15, 0.2) is 0 Å². The molecule has 0 aromatic rings. The molecule has 0 aliphatic rings. The molecule has 84 valence electrons. The lowest BCUT2D eigenvalue weighted by atomic mass is 9.46. The average Bonchev–Trinajstić information content (AvgIpc) is 2.19. The van der Waals surface area contributed by atoms with E-state index >= 15 is 0 Å². The van der Waals surface area contributed by atoms with Gasteiger partial charge in [0.2, 0.25) is 0 Å². The van der Waals surface area contributed by atoms with Crippen LogP contribution in [0.5, 0.6) is 0 Å². The van der Waals surface area contributed by atoms with Crippen LogP contribution in [0.1, 0.15) is 65.2 Å². The fourth-order valence-electron chi connectivity index (χ4n) is 1.98. The van der Waals surface area contributed by atoms with Crippen LogP contribution in [0.4, 0.5) is 0 Å². The van der Waals surface area contributed by atoms with Crippen molar-refractivity contribution < 1.29 is 0 Å². The molecule has 0 aliphatic carbocycles. The molecular formula is C13H29B. The first-order chi connectivity index (χ1) is 6.81. The Morgan fingerprint density at radius 2 is 1.07 bits per heavy atom. The van der Waals surface area contributed by atoms with Crippen molar-refractivity contribution in [3.63, 3.8) is 0 Å². The second-order valence-electron chi connectivity index (χ2n) is 4.80. The van der Waals surface area contributed by atoms with E-state index in [1.165, 1.54) is 64.0 Å². The van der Waals surface area contributed by atoms with Crippen LogP contribution < -0.4 is 0 Å². The van der Waals surface area contributed by atoms with E-state index in [1.807, 2.05) is 0 Å². The third kappa shape index (κ3) is 10.1. The van der Waals surface area contributed by atoms with Crippen LogP contribution in [0.25, 0.3) is 0 Å². The van der Waals surface area contributed by atoms with Crippen LogP contribution in [-0.4, -0.2) is 6.71 Å². The highest BCUT2D eigenvalue weighted by Gasteiger charge is 2.05. The molecular weight excluding hydrogens is 167 g/mol. The van der Waals surface area contributed by atoms with Crippen molar-refractivity contribution in [2.24, 2.45) is 0 Å². The monoisotopic (exact) mass is 196 g/mol. The maximum absolute atomic E-state index is 2.43. The number of unbranched alkanes of at least 4 members (excludes halogenated alkanes) is 6. The average molecular weight is 196 g/mol. The molecule has 0 saturated carbocycles. The maximum atomic E-state index is 2.43. The Labute approximate surface area is 91.9 Å². The lowest BCUT2D eigenvalue weighted by molar-refractivity contribution is 0.686. The second-order valence-corrected chi connectivity index (χ2v) is 4.80. The van der Waals surface area contributed by atoms with E-state index in [2.05, 4.69) is 20.7 Å². The van der Waals surface area contributed by atoms with Gasteiger partial charge in [-0.15, -0.1) is 0 Å². The minimum absolute atomic E-state index is 0.976. The quantitative estimate of drug-likeness (QED) is 0.329. The highest BCUT2D eigenvalue weighted by molar-refractivity contribution is 6.57. The molecule has 0 N–H and O–H groups in total. The van der Waals surface area contributed by atoms with Crippen molar-refractivity contribution in [1.82, 2.24) is 0 Å². The van der Waals surface area contributed by atoms with Gasteiger partial charge < -0.3 is 0 Å². The summed E-state index contributed by atoms with van der Waals surface area (Å²) in [5, 5.41) is 0. The Morgan fingerprint density at radius 1 is 0.643 bits per heavy atom. The summed E-state index contributed by atoms with van der Waals surface area (Å²) in [7, 11) is 0. The molecule has 0 aromatic carbocycles. The van der Waals surface area contributed by atoms with E-state index in [1.54, 1.807) is 0 Å². The minimum Gasteiger partial charge on any atom is -0.0861 e. The lowest BCUT2D eigenvalue weighted by Crippen LogP contribution is -2.05. The van der Waals surface area contributed by atoms with Crippen LogP contribution in [0.15, 0.2) is 0 Å². The first-order valence-corrected chi connectivity index (χ1v) is 6.81. The summed E-state index contributed by atoms with van der Waals surface area (Å²) in [4.78, 5) is 0. The fraction of sp³-hybridized carbons (Fsp3) is 1.00. The molecule has 0 fully saturated rings. The first kappa shape index (κ1) is 14.1. The van der Waals surface area contributed by atoms with Crippen LogP contribution in [0.2, 0.25) is 19.5 Å². The van der Waals surface area contributed by atoms with Crippen molar-refractivity contribution in [2.75, 3.05) is 0 Å². The number of hydrogen-bond acceptors (Lipinski definition) is 0. The molecule has 14 heavy (non-hydrogen) atoms. The van der Waals surface area contributed by atoms with Gasteiger partial charge in [-0.3, -0.25) is 0 Å². The normalized spacial score (nSPS) is 10.5. The lowest BCUT2D eigenvalue weighted by Gasteiger charge is -2.07. The summed E-state index contributed by atoms with van der Waals surface area (Å²) in [5.74, 6) is 0. The molecule has 0 amide bonds. The topological polar surface area (TPSA) is 0 Å². The Kier molecular flexibility index (Phi) is 11.2. The first-order valence-electron chi connectivity index (χ1n) is 6.81. The van der Waals surface area contributed by atoms with Gasteiger partial charge >= 0.3 is 0 Å². The van der Waals surface area contributed by atoms with Gasteiger partial charge in [-0.05, 0) is 0 Å². The van der Waals surface area contributed by atoms with Gasteiger partial charge in [0.25, 0.3) is 0 Å². The van der Waals surface area contributed by atoms with Crippen LogP contribution in [0, 0.1) is 0 Å². The van der Waals surface area contributed by atoms with E-state index in [0.717, 1.165) is 6.71 Å². The van der Waals surface area contributed by atoms with Crippen molar-refractivity contribution in [2.45, 2.75) is 84.7 Å². The standard InChI is InChI=1S/C13H29B/c1-4-6-8-10-12-14(3)13-11-9-7-5-2/h4-13H2,1-3H3. The van der Waals surface area contributed by atoms with Crippen LogP contribution in [0.3, 0.4) is 0 Å². The molecule has 0 spiro atoms. The van der Waals surface area contributed by atoms with Crippen molar-refractivity contribution >= 4 is 6.71 Å². The van der Waals surface area contributed by atoms with Crippen LogP contribution >= 0.6 is 0 Å². The molecule has 0 radical (unpaired) electrons. The van der Waals surface area contributed by atoms with Gasteiger partial charge in [-0.25, -0.2) is 0 Å². The van der Waals surface area contributed by atoms with Gasteiger partial charge in [-0.2, -0.15) is 0 Å². The molecule has 0 aromatic heterocycles. The minimum atomic E-state index is 0.976. The third-order valence-electron chi connectivity index (χ3n) is 3.10. The Balaban J connectivity index is 3.07. The summed E-state index contributed by atoms with van der Waals surface area (Å²) in [6, 6.07) is 0. The zero-order valence-electron chi connectivity index (χ0n) is 10.6. The van der Waals surface area contributed by atoms with Crippen LogP contribution in [-0.2, 0) is 0 Å². The Hall–Kier alpha value is 0.0649. The molecule has 0 unspecified atom stereocenters. The summed E-state index contributed by atoms with van der Waals surface area (Å²) in [6.45, 7) is 7.98. The Morgan fingerprint density at radius 3 is 1.43 bits per heavy atom. The summed E-state index contributed by atoms with van der Waals surface area (Å²) < 4.78 is 0. The van der Waals surface area contributed by atoms with E-state index in [4.69, 9.17) is 0 Å². The highest BCUT2D eigenvalue weighted by atomic mass is 13.9. The Bertz CT molecular complexity index is 89.4. The van der Waals surface area contributed by atoms with Crippen molar-refractivity contribution in [1.29, 1.82) is 0 Å². The van der Waals surface area contributed by atoms with E-state index in [9.17, 15) is 0 Å². The molecule has 0 saturated heterocycles. The van der Waals surface area contributed by atoms with E-state index in [-0.39, 0.29) is 0 Å². The maximum Gasteiger partial charge on any atom is 0.136 e. The summed E-state index contributed by atoms with van der Waals surface area (Å²) in [5.41, 5.74) is 0. The molecule has 0 atom stereocenters. The highest BCUT2D eigenvalue weighted by Crippen LogP contribution is 2.12. The summed E-state index contributed by atoms with van der Waals surface area (Å²) in [6.07, 6.45) is 14.4. The van der Waals surface area contributed by atoms with E-state index in [0.29, 0.717) is 0 Å². The van der Waals surface area contributed by atoms with Crippen molar-refractivity contribution in [3.8, 4) is 0 Å². The van der Waals surface area contributed by atoms with Gasteiger partial charge in [0.05, 0.1) is 0 Å². The summed E-state index contributed by atoms with van der Waals surface area (Å²) >= 11 is 0. The fourth-order valence-corrected chi connectivity index (χ4v) is 1.98. The van der Waals surface area contributed by atoms with Gasteiger partial charge in [-0.1, -0.05) is 84.7 Å².